The minimum absolute atomic E-state index is 0.0217. The van der Waals surface area contributed by atoms with Crippen molar-refractivity contribution in [3.8, 4) is 0 Å². The third kappa shape index (κ3) is 5.02. The van der Waals surface area contributed by atoms with Gasteiger partial charge >= 0.3 is 5.97 Å². The van der Waals surface area contributed by atoms with E-state index < -0.39 is 11.5 Å². The van der Waals surface area contributed by atoms with Crippen LogP contribution in [0.2, 0.25) is 5.02 Å². The average Bonchev–Trinajstić information content (AvgIpc) is 2.50. The van der Waals surface area contributed by atoms with Crippen LogP contribution in [-0.4, -0.2) is 53.9 Å². The van der Waals surface area contributed by atoms with Crippen LogP contribution in [0.3, 0.4) is 0 Å². The maximum atomic E-state index is 12.0. The second-order valence-electron chi connectivity index (χ2n) is 4.36. The van der Waals surface area contributed by atoms with Crippen LogP contribution in [0.15, 0.2) is 11.0 Å². The van der Waals surface area contributed by atoms with Crippen LogP contribution >= 0.6 is 11.6 Å². The number of anilines is 1. The molecule has 0 saturated heterocycles. The van der Waals surface area contributed by atoms with E-state index in [0.717, 1.165) is 24.3 Å². The average molecular weight is 317 g/mol. The Hall–Kier alpha value is -1.60. The molecule has 0 aromatic carbocycles. The highest BCUT2D eigenvalue weighted by Gasteiger charge is 2.12. The zero-order chi connectivity index (χ0) is 15.8. The molecule has 1 rings (SSSR count). The number of esters is 1. The lowest BCUT2D eigenvalue weighted by molar-refractivity contribution is -0.141. The standard InChI is InChI=1S/C13H21ClN4O3/c1-4-17(5-2)7-6-15-10-8-16-18(9-11(19)21-3)13(20)12(10)14/h8,15H,4-7,9H2,1-3H3. The van der Waals surface area contributed by atoms with Gasteiger partial charge in [0.2, 0.25) is 0 Å². The first-order valence-electron chi connectivity index (χ1n) is 6.82. The van der Waals surface area contributed by atoms with Gasteiger partial charge in [0.1, 0.15) is 11.6 Å². The Balaban J connectivity index is 2.71. The molecule has 0 aliphatic rings. The third-order valence-electron chi connectivity index (χ3n) is 3.13. The molecule has 0 amide bonds. The summed E-state index contributed by atoms with van der Waals surface area (Å²) in [5, 5.41) is 7.01. The molecule has 0 atom stereocenters. The molecule has 1 aromatic rings. The van der Waals surface area contributed by atoms with Gasteiger partial charge in [-0.3, -0.25) is 9.59 Å². The van der Waals surface area contributed by atoms with Crippen LogP contribution < -0.4 is 10.9 Å². The minimum Gasteiger partial charge on any atom is -0.468 e. The van der Waals surface area contributed by atoms with Crippen LogP contribution in [0.4, 0.5) is 5.69 Å². The highest BCUT2D eigenvalue weighted by atomic mass is 35.5. The summed E-state index contributed by atoms with van der Waals surface area (Å²) in [6.45, 7) is 7.35. The summed E-state index contributed by atoms with van der Waals surface area (Å²) in [5.74, 6) is -0.553. The maximum absolute atomic E-state index is 12.0. The van der Waals surface area contributed by atoms with E-state index in [-0.39, 0.29) is 11.6 Å². The number of nitrogens with zero attached hydrogens (tertiary/aromatic N) is 3. The van der Waals surface area contributed by atoms with Crippen molar-refractivity contribution < 1.29 is 9.53 Å². The lowest BCUT2D eigenvalue weighted by atomic mass is 10.4. The van der Waals surface area contributed by atoms with Gasteiger partial charge in [-0.2, -0.15) is 5.10 Å². The molecule has 7 nitrogen and oxygen atoms in total. The van der Waals surface area contributed by atoms with Gasteiger partial charge in [-0.05, 0) is 13.1 Å². The van der Waals surface area contributed by atoms with Gasteiger partial charge in [0.25, 0.3) is 5.56 Å². The van der Waals surface area contributed by atoms with E-state index in [1.54, 1.807) is 0 Å². The SMILES string of the molecule is CCN(CC)CCNc1cnn(CC(=O)OC)c(=O)c1Cl. The number of carbonyl (C=O) groups is 1. The van der Waals surface area contributed by atoms with E-state index in [4.69, 9.17) is 11.6 Å². The van der Waals surface area contributed by atoms with E-state index in [2.05, 4.69) is 33.9 Å². The van der Waals surface area contributed by atoms with E-state index in [0.29, 0.717) is 12.2 Å². The molecule has 8 heteroatoms. The van der Waals surface area contributed by atoms with Gasteiger partial charge in [-0.25, -0.2) is 4.68 Å². The molecule has 21 heavy (non-hydrogen) atoms. The predicted molar refractivity (Wildman–Crippen MR) is 81.8 cm³/mol. The molecule has 0 spiro atoms. The second kappa shape index (κ2) is 8.63. The smallest absolute Gasteiger partial charge is 0.327 e. The molecule has 0 bridgehead atoms. The Morgan fingerprint density at radius 3 is 2.71 bits per heavy atom. The maximum Gasteiger partial charge on any atom is 0.327 e. The fourth-order valence-corrected chi connectivity index (χ4v) is 1.99. The molecule has 118 valence electrons. The van der Waals surface area contributed by atoms with Crippen LogP contribution in [0, 0.1) is 0 Å². The van der Waals surface area contributed by atoms with Gasteiger partial charge < -0.3 is 15.0 Å². The molecule has 1 heterocycles. The van der Waals surface area contributed by atoms with Crippen molar-refractivity contribution in [3.05, 3.63) is 21.6 Å². The number of rotatable bonds is 8. The van der Waals surface area contributed by atoms with Crippen molar-refractivity contribution in [2.75, 3.05) is 38.6 Å². The summed E-state index contributed by atoms with van der Waals surface area (Å²) < 4.78 is 5.47. The topological polar surface area (TPSA) is 76.5 Å². The van der Waals surface area contributed by atoms with Crippen molar-refractivity contribution in [2.24, 2.45) is 0 Å². The Morgan fingerprint density at radius 1 is 1.48 bits per heavy atom. The Kier molecular flexibility index (Phi) is 7.18. The predicted octanol–water partition coefficient (Wildman–Crippen LogP) is 0.823. The monoisotopic (exact) mass is 316 g/mol. The first kappa shape index (κ1) is 17.5. The van der Waals surface area contributed by atoms with Gasteiger partial charge in [0.15, 0.2) is 0 Å². The largest absolute Gasteiger partial charge is 0.468 e. The molecule has 0 saturated carbocycles. The first-order chi connectivity index (χ1) is 10.0. The van der Waals surface area contributed by atoms with Gasteiger partial charge in [-0.1, -0.05) is 25.4 Å². The Morgan fingerprint density at radius 2 is 2.14 bits per heavy atom. The molecule has 0 unspecified atom stereocenters. The summed E-state index contributed by atoms with van der Waals surface area (Å²) in [7, 11) is 1.25. The van der Waals surface area contributed by atoms with Gasteiger partial charge in [0.05, 0.1) is 19.0 Å². The van der Waals surface area contributed by atoms with E-state index in [9.17, 15) is 9.59 Å². The summed E-state index contributed by atoms with van der Waals surface area (Å²) in [6.07, 6.45) is 1.44. The van der Waals surface area contributed by atoms with Gasteiger partial charge in [0, 0.05) is 13.1 Å². The third-order valence-corrected chi connectivity index (χ3v) is 3.49. The summed E-state index contributed by atoms with van der Waals surface area (Å²) in [6, 6.07) is 0. The number of nitrogens with one attached hydrogen (secondary N) is 1. The summed E-state index contributed by atoms with van der Waals surface area (Å²) in [5.41, 5.74) is -0.0511. The molecule has 0 aliphatic carbocycles. The summed E-state index contributed by atoms with van der Waals surface area (Å²) >= 11 is 6.01. The van der Waals surface area contributed by atoms with Crippen molar-refractivity contribution in [3.63, 3.8) is 0 Å². The van der Waals surface area contributed by atoms with Crippen LogP contribution in [0.25, 0.3) is 0 Å². The summed E-state index contributed by atoms with van der Waals surface area (Å²) in [4.78, 5) is 25.4. The first-order valence-corrected chi connectivity index (χ1v) is 7.19. The van der Waals surface area contributed by atoms with Crippen molar-refractivity contribution in [2.45, 2.75) is 20.4 Å². The number of methoxy groups -OCH3 is 1. The number of hydrogen-bond acceptors (Lipinski definition) is 6. The number of ether oxygens (including phenoxy) is 1. The number of likely N-dealkylation sites (N-methyl/N-ethyl adjacent to an activating group) is 1. The van der Waals surface area contributed by atoms with Crippen molar-refractivity contribution >= 4 is 23.3 Å². The Labute approximate surface area is 128 Å². The number of halogens is 1. The lowest BCUT2D eigenvalue weighted by Gasteiger charge is -2.18. The minimum atomic E-state index is -0.553. The molecule has 0 aliphatic heterocycles. The lowest BCUT2D eigenvalue weighted by Crippen LogP contribution is -2.30. The Bertz CT molecular complexity index is 529. The molecule has 0 radical (unpaired) electrons. The normalized spacial score (nSPS) is 10.7. The number of aromatic nitrogens is 2. The van der Waals surface area contributed by atoms with Crippen LogP contribution in [0.5, 0.6) is 0 Å². The highest BCUT2D eigenvalue weighted by Crippen LogP contribution is 2.14. The molecular weight excluding hydrogens is 296 g/mol. The molecule has 0 fully saturated rings. The van der Waals surface area contributed by atoms with E-state index in [1.165, 1.54) is 13.3 Å². The van der Waals surface area contributed by atoms with Crippen LogP contribution in [0.1, 0.15) is 13.8 Å². The van der Waals surface area contributed by atoms with E-state index >= 15 is 0 Å². The fourth-order valence-electron chi connectivity index (χ4n) is 1.78. The van der Waals surface area contributed by atoms with E-state index in [1.807, 2.05) is 0 Å². The molecular formula is C13H21ClN4O3. The van der Waals surface area contributed by atoms with Gasteiger partial charge in [-0.15, -0.1) is 0 Å². The number of carbonyl (C=O) groups excluding carboxylic acids is 1. The molecule has 1 aromatic heterocycles. The zero-order valence-electron chi connectivity index (χ0n) is 12.6. The highest BCUT2D eigenvalue weighted by molar-refractivity contribution is 6.32. The quantitative estimate of drug-likeness (QED) is 0.716. The number of hydrogen-bond donors (Lipinski definition) is 1. The zero-order valence-corrected chi connectivity index (χ0v) is 13.3. The second-order valence-corrected chi connectivity index (χ2v) is 4.74. The van der Waals surface area contributed by atoms with Crippen molar-refractivity contribution in [1.82, 2.24) is 14.7 Å². The fraction of sp³-hybridized carbons (Fsp3) is 0.615. The molecule has 1 N–H and O–H groups in total. The van der Waals surface area contributed by atoms with Crippen LogP contribution in [-0.2, 0) is 16.1 Å². The van der Waals surface area contributed by atoms with Crippen molar-refractivity contribution in [1.29, 1.82) is 0 Å².